The van der Waals surface area contributed by atoms with Gasteiger partial charge in [0.15, 0.2) is 0 Å². The van der Waals surface area contributed by atoms with Crippen LogP contribution in [0.3, 0.4) is 0 Å². The van der Waals surface area contributed by atoms with Crippen molar-refractivity contribution >= 4 is 5.43 Å². The van der Waals surface area contributed by atoms with Gasteiger partial charge in [-0.15, -0.1) is 18.9 Å². The number of rotatable bonds is 1. The van der Waals surface area contributed by atoms with Crippen LogP contribution >= 0.6 is 0 Å². The molecule has 0 saturated heterocycles. The number of allylic oxidation sites excluding steroid dienone is 8. The Kier molecular flexibility index (Phi) is 12.1. The summed E-state index contributed by atoms with van der Waals surface area (Å²) in [6.07, 6.45) is 12.1. The van der Waals surface area contributed by atoms with Crippen LogP contribution in [-0.2, 0) is 23.3 Å². The molecule has 0 radical (unpaired) electrons. The van der Waals surface area contributed by atoms with Crippen LogP contribution in [0.1, 0.15) is 26.7 Å². The molecule has 0 bridgehead atoms. The first-order valence-corrected chi connectivity index (χ1v) is 11.9. The van der Waals surface area contributed by atoms with Gasteiger partial charge in [-0.3, -0.25) is 6.08 Å². The van der Waals surface area contributed by atoms with Gasteiger partial charge in [0.05, 0.1) is 0 Å². The zero-order valence-electron chi connectivity index (χ0n) is 11.4. The molecular weight excluding hydrogens is 358 g/mol. The Morgan fingerprint density at radius 1 is 1.22 bits per heavy atom. The Morgan fingerprint density at radius 3 is 2.11 bits per heavy atom. The summed E-state index contributed by atoms with van der Waals surface area (Å²) >= 11 is 1.74. The number of hydrogen-bond donors (Lipinski definition) is 0. The quantitative estimate of drug-likeness (QED) is 0.371. The van der Waals surface area contributed by atoms with E-state index in [0.29, 0.717) is 0 Å². The Morgan fingerprint density at radius 2 is 1.78 bits per heavy atom. The Hall–Kier alpha value is 0.640. The SMILES string of the molecule is CC1=[C-]CC(C2=CC=CC2)=C1C.C[Si](C)=[Zr+2].[Cl-].[Cl-]. The van der Waals surface area contributed by atoms with E-state index in [1.807, 2.05) is 0 Å². The third-order valence-corrected chi connectivity index (χ3v) is 2.70. The number of halogens is 2. The second-order valence-electron chi connectivity index (χ2n) is 4.41. The van der Waals surface area contributed by atoms with Crippen molar-refractivity contribution in [3.63, 3.8) is 0 Å². The average molecular weight is 378 g/mol. The fraction of sp³-hybridized carbons (Fsp3) is 0.429. The molecule has 0 nitrogen and oxygen atoms in total. The van der Waals surface area contributed by atoms with E-state index in [0.717, 1.165) is 12.8 Å². The molecule has 0 aliphatic heterocycles. The van der Waals surface area contributed by atoms with Crippen molar-refractivity contribution < 1.29 is 48.1 Å². The van der Waals surface area contributed by atoms with E-state index in [9.17, 15) is 0 Å². The summed E-state index contributed by atoms with van der Waals surface area (Å²) in [6, 6.07) is 0. The van der Waals surface area contributed by atoms with Gasteiger partial charge in [0.2, 0.25) is 0 Å². The zero-order chi connectivity index (χ0) is 12.1. The normalized spacial score (nSPS) is 16.1. The Bertz CT molecular complexity index is 414. The molecule has 4 heteroatoms. The molecule has 0 N–H and O–H groups in total. The van der Waals surface area contributed by atoms with E-state index >= 15 is 0 Å². The van der Waals surface area contributed by atoms with Crippen LogP contribution in [-0.4, -0.2) is 5.43 Å². The summed E-state index contributed by atoms with van der Waals surface area (Å²) in [5, 5.41) is 0. The first-order chi connectivity index (χ1) is 7.52. The maximum atomic E-state index is 3.37. The molecule has 0 aromatic carbocycles. The fourth-order valence-corrected chi connectivity index (χ4v) is 1.74. The van der Waals surface area contributed by atoms with E-state index in [1.54, 1.807) is 23.3 Å². The molecule has 0 atom stereocenters. The molecule has 0 saturated carbocycles. The van der Waals surface area contributed by atoms with E-state index in [-0.39, 0.29) is 30.2 Å². The van der Waals surface area contributed by atoms with Gasteiger partial charge in [0.1, 0.15) is 0 Å². The minimum Gasteiger partial charge on any atom is -1.00 e. The molecule has 98 valence electrons. The third-order valence-electron chi connectivity index (χ3n) is 2.70. The topological polar surface area (TPSA) is 0 Å². The van der Waals surface area contributed by atoms with Crippen molar-refractivity contribution in [3.05, 3.63) is 46.6 Å². The summed E-state index contributed by atoms with van der Waals surface area (Å²) in [5.74, 6) is 0. The van der Waals surface area contributed by atoms with Crippen molar-refractivity contribution in [1.29, 1.82) is 0 Å². The van der Waals surface area contributed by atoms with Crippen LogP contribution in [0.25, 0.3) is 0 Å². The monoisotopic (exact) mass is 375 g/mol. The van der Waals surface area contributed by atoms with Gasteiger partial charge >= 0.3 is 41.9 Å². The summed E-state index contributed by atoms with van der Waals surface area (Å²) in [4.78, 5) is 0. The summed E-state index contributed by atoms with van der Waals surface area (Å²) < 4.78 is 0. The van der Waals surface area contributed by atoms with Crippen molar-refractivity contribution in [3.8, 4) is 0 Å². The van der Waals surface area contributed by atoms with Crippen LogP contribution in [0, 0.1) is 6.08 Å². The van der Waals surface area contributed by atoms with E-state index < -0.39 is 0 Å². The standard InChI is InChI=1S/C12H13.C2H6Si.2ClH.Zr/c1-9-7-8-12(10(9)2)11-5-3-4-6-11;1-3-2;;;/h3-5H,6,8H2,1-2H3;1-2H3;2*1H;/q-1;;;;+2/p-2. The number of hydrogen-bond acceptors (Lipinski definition) is 0. The molecular formula is C14H19Cl2SiZr-. The van der Waals surface area contributed by atoms with Crippen molar-refractivity contribution in [2.24, 2.45) is 0 Å². The minimum absolute atomic E-state index is 0. The van der Waals surface area contributed by atoms with Gasteiger partial charge < -0.3 is 24.8 Å². The maximum Gasteiger partial charge on any atom is -1.00 e. The molecule has 2 aliphatic carbocycles. The third kappa shape index (κ3) is 6.70. The molecule has 0 heterocycles. The van der Waals surface area contributed by atoms with Gasteiger partial charge in [0.25, 0.3) is 0 Å². The molecule has 2 rings (SSSR count). The molecule has 0 unspecified atom stereocenters. The Labute approximate surface area is 139 Å². The summed E-state index contributed by atoms with van der Waals surface area (Å²) in [5.41, 5.74) is 5.96. The van der Waals surface area contributed by atoms with Crippen LogP contribution in [0.5, 0.6) is 0 Å². The minimum atomic E-state index is 0. The summed E-state index contributed by atoms with van der Waals surface area (Å²) in [7, 11) is 0. The first-order valence-electron chi connectivity index (χ1n) is 5.67. The van der Waals surface area contributed by atoms with Crippen LogP contribution < -0.4 is 24.8 Å². The maximum absolute atomic E-state index is 3.37. The molecule has 2 aliphatic rings. The molecule has 0 fully saturated rings. The molecule has 0 spiro atoms. The van der Waals surface area contributed by atoms with E-state index in [2.05, 4.69) is 51.2 Å². The molecule has 0 amide bonds. The van der Waals surface area contributed by atoms with Gasteiger partial charge in [-0.25, -0.2) is 5.57 Å². The van der Waals surface area contributed by atoms with Crippen molar-refractivity contribution in [2.45, 2.75) is 39.8 Å². The van der Waals surface area contributed by atoms with Crippen molar-refractivity contribution in [1.82, 2.24) is 0 Å². The molecule has 0 aromatic rings. The predicted molar refractivity (Wildman–Crippen MR) is 69.1 cm³/mol. The van der Waals surface area contributed by atoms with Gasteiger partial charge in [0, 0.05) is 0 Å². The molecule has 0 aromatic heterocycles. The second-order valence-corrected chi connectivity index (χ2v) is 13.8. The average Bonchev–Trinajstić information content (AvgIpc) is 2.77. The zero-order valence-corrected chi connectivity index (χ0v) is 16.4. The summed E-state index contributed by atoms with van der Waals surface area (Å²) in [6.45, 7) is 8.96. The van der Waals surface area contributed by atoms with Gasteiger partial charge in [-0.1, -0.05) is 30.7 Å². The van der Waals surface area contributed by atoms with Crippen molar-refractivity contribution in [2.75, 3.05) is 0 Å². The van der Waals surface area contributed by atoms with Gasteiger partial charge in [-0.05, 0) is 6.42 Å². The largest absolute Gasteiger partial charge is 1.00 e. The van der Waals surface area contributed by atoms with Crippen LogP contribution in [0.2, 0.25) is 13.1 Å². The van der Waals surface area contributed by atoms with E-state index in [1.165, 1.54) is 22.3 Å². The van der Waals surface area contributed by atoms with Gasteiger partial charge in [-0.2, -0.15) is 5.57 Å². The predicted octanol–water partition coefficient (Wildman–Crippen LogP) is -1.87. The second kappa shape index (κ2) is 10.4. The smallest absolute Gasteiger partial charge is 1.00 e. The Balaban J connectivity index is 0. The van der Waals surface area contributed by atoms with Crippen LogP contribution in [0.15, 0.2) is 40.5 Å². The first kappa shape index (κ1) is 20.9. The molecule has 18 heavy (non-hydrogen) atoms. The van der Waals surface area contributed by atoms with Crippen LogP contribution in [0.4, 0.5) is 0 Å². The van der Waals surface area contributed by atoms with E-state index in [4.69, 9.17) is 0 Å². The fourth-order valence-electron chi connectivity index (χ4n) is 1.74.